The first-order valence-electron chi connectivity index (χ1n) is 13.3. The molecule has 0 bridgehead atoms. The molecule has 0 spiro atoms. The molecule has 4 aromatic rings. The molecule has 1 aliphatic heterocycles. The van der Waals surface area contributed by atoms with Crippen molar-refractivity contribution in [2.24, 2.45) is 11.8 Å². The summed E-state index contributed by atoms with van der Waals surface area (Å²) < 4.78 is 23.2. The molecular weight excluding hydrogens is 522 g/mol. The summed E-state index contributed by atoms with van der Waals surface area (Å²) in [6.07, 6.45) is 2.46. The maximum atomic E-state index is 14.0. The number of amides is 2. The van der Waals surface area contributed by atoms with Crippen molar-refractivity contribution < 1.29 is 28.2 Å². The van der Waals surface area contributed by atoms with Crippen LogP contribution in [0, 0.1) is 11.8 Å². The molecular formula is C33H29NO7. The van der Waals surface area contributed by atoms with Gasteiger partial charge in [-0.15, -0.1) is 0 Å². The zero-order chi connectivity index (χ0) is 28.8. The number of benzene rings is 3. The van der Waals surface area contributed by atoms with Gasteiger partial charge in [0.1, 0.15) is 34.0 Å². The third kappa shape index (κ3) is 4.27. The maximum Gasteiger partial charge on any atom is 0.238 e. The number of carbonyl (C=O) groups excluding carboxylic acids is 2. The van der Waals surface area contributed by atoms with Gasteiger partial charge in [-0.3, -0.25) is 19.3 Å². The fraction of sp³-hybridized carbons (Fsp3) is 0.242. The van der Waals surface area contributed by atoms with E-state index in [2.05, 4.69) is 0 Å². The monoisotopic (exact) mass is 551 g/mol. The molecule has 208 valence electrons. The standard InChI is InChI=1S/C33H29NO7/c1-18-14-22(28-23(15-18)32(36)34(33(28)37)20-8-6-5-7-9-20)29-26(39-3)17-27(40-4)30-24(35)16-25(41-31(29)30)19-10-12-21(38-2)13-11-19/h5-14,16-17,22-23,28H,15H2,1-4H3/t22-,23+,28-/m0/s1. The third-order valence-electron chi connectivity index (χ3n) is 8.00. The lowest BCUT2D eigenvalue weighted by atomic mass is 9.71. The van der Waals surface area contributed by atoms with Crippen molar-refractivity contribution in [1.82, 2.24) is 0 Å². The van der Waals surface area contributed by atoms with Crippen molar-refractivity contribution in [1.29, 1.82) is 0 Å². The van der Waals surface area contributed by atoms with Crippen LogP contribution in [0.4, 0.5) is 5.69 Å². The molecule has 1 fully saturated rings. The van der Waals surface area contributed by atoms with Gasteiger partial charge in [0.2, 0.25) is 11.8 Å². The van der Waals surface area contributed by atoms with Crippen LogP contribution in [0.1, 0.15) is 24.8 Å². The number of hydrogen-bond acceptors (Lipinski definition) is 7. The Balaban J connectivity index is 1.59. The van der Waals surface area contributed by atoms with Crippen LogP contribution >= 0.6 is 0 Å². The van der Waals surface area contributed by atoms with Crippen LogP contribution in [0.3, 0.4) is 0 Å². The largest absolute Gasteiger partial charge is 0.497 e. The Morgan fingerprint density at radius 2 is 1.54 bits per heavy atom. The van der Waals surface area contributed by atoms with Crippen molar-refractivity contribution >= 4 is 28.5 Å². The minimum absolute atomic E-state index is 0.235. The summed E-state index contributed by atoms with van der Waals surface area (Å²) in [6.45, 7) is 1.95. The minimum Gasteiger partial charge on any atom is -0.497 e. The summed E-state index contributed by atoms with van der Waals surface area (Å²) in [7, 11) is 4.57. The molecule has 2 aliphatic rings. The second-order valence-corrected chi connectivity index (χ2v) is 10.3. The van der Waals surface area contributed by atoms with E-state index >= 15 is 0 Å². The van der Waals surface area contributed by atoms with Gasteiger partial charge in [-0.05, 0) is 49.7 Å². The van der Waals surface area contributed by atoms with Gasteiger partial charge in [-0.1, -0.05) is 29.8 Å². The number of rotatable bonds is 6. The van der Waals surface area contributed by atoms with Gasteiger partial charge in [0.25, 0.3) is 0 Å². The van der Waals surface area contributed by atoms with E-state index in [4.69, 9.17) is 18.6 Å². The van der Waals surface area contributed by atoms with Crippen LogP contribution in [0.5, 0.6) is 17.2 Å². The predicted molar refractivity (Wildman–Crippen MR) is 155 cm³/mol. The molecule has 1 aromatic heterocycles. The summed E-state index contributed by atoms with van der Waals surface area (Å²) in [5.41, 5.74) is 2.66. The molecule has 3 atom stereocenters. The molecule has 1 aliphatic carbocycles. The highest BCUT2D eigenvalue weighted by Crippen LogP contribution is 2.51. The summed E-state index contributed by atoms with van der Waals surface area (Å²) in [4.78, 5) is 42.6. The number of para-hydroxylation sites is 1. The molecule has 0 radical (unpaired) electrons. The molecule has 8 heteroatoms. The van der Waals surface area contributed by atoms with Crippen LogP contribution in [-0.2, 0) is 9.59 Å². The van der Waals surface area contributed by atoms with Gasteiger partial charge in [-0.25, -0.2) is 0 Å². The summed E-state index contributed by atoms with van der Waals surface area (Å²) in [5, 5.41) is 0.241. The van der Waals surface area contributed by atoms with Crippen LogP contribution < -0.4 is 24.5 Å². The molecule has 1 saturated heterocycles. The zero-order valence-corrected chi connectivity index (χ0v) is 23.2. The molecule has 8 nitrogen and oxygen atoms in total. The Hall–Kier alpha value is -4.85. The first-order chi connectivity index (χ1) is 19.9. The predicted octanol–water partition coefficient (Wildman–Crippen LogP) is 5.73. The van der Waals surface area contributed by atoms with Crippen molar-refractivity contribution in [2.45, 2.75) is 19.3 Å². The van der Waals surface area contributed by atoms with Crippen molar-refractivity contribution in [2.75, 3.05) is 26.2 Å². The summed E-state index contributed by atoms with van der Waals surface area (Å²) >= 11 is 0. The molecule has 3 aromatic carbocycles. The second kappa shape index (κ2) is 10.3. The van der Waals surface area contributed by atoms with Crippen LogP contribution in [0.25, 0.3) is 22.3 Å². The number of carbonyl (C=O) groups is 2. The first-order valence-corrected chi connectivity index (χ1v) is 13.3. The normalized spacial score (nSPS) is 20.1. The van der Waals surface area contributed by atoms with Gasteiger partial charge < -0.3 is 18.6 Å². The van der Waals surface area contributed by atoms with E-state index in [1.54, 1.807) is 61.7 Å². The molecule has 0 N–H and O–H groups in total. The molecule has 2 amide bonds. The number of anilines is 1. The number of nitrogens with zero attached hydrogens (tertiary/aromatic N) is 1. The molecule has 0 saturated carbocycles. The van der Waals surface area contributed by atoms with E-state index in [0.717, 1.165) is 5.57 Å². The van der Waals surface area contributed by atoms with Gasteiger partial charge in [0, 0.05) is 29.2 Å². The first kappa shape index (κ1) is 26.4. The highest BCUT2D eigenvalue weighted by atomic mass is 16.5. The molecule has 0 unspecified atom stereocenters. The van der Waals surface area contributed by atoms with E-state index in [1.807, 2.05) is 19.1 Å². The number of ether oxygens (including phenoxy) is 3. The van der Waals surface area contributed by atoms with Crippen molar-refractivity contribution in [3.8, 4) is 28.6 Å². The Morgan fingerprint density at radius 1 is 0.829 bits per heavy atom. The van der Waals surface area contributed by atoms with Gasteiger partial charge >= 0.3 is 0 Å². The lowest BCUT2D eigenvalue weighted by molar-refractivity contribution is -0.122. The fourth-order valence-corrected chi connectivity index (χ4v) is 6.13. The Bertz CT molecular complexity index is 1750. The van der Waals surface area contributed by atoms with Crippen LogP contribution in [0.2, 0.25) is 0 Å². The van der Waals surface area contributed by atoms with E-state index in [9.17, 15) is 14.4 Å². The van der Waals surface area contributed by atoms with E-state index in [1.165, 1.54) is 25.2 Å². The molecule has 6 rings (SSSR count). The maximum absolute atomic E-state index is 14.0. The van der Waals surface area contributed by atoms with E-state index in [0.29, 0.717) is 46.2 Å². The highest BCUT2D eigenvalue weighted by molar-refractivity contribution is 6.22. The number of hydrogen-bond donors (Lipinski definition) is 0. The van der Waals surface area contributed by atoms with Gasteiger partial charge in [0.15, 0.2) is 5.43 Å². The molecule has 2 heterocycles. The van der Waals surface area contributed by atoms with Gasteiger partial charge in [-0.2, -0.15) is 0 Å². The third-order valence-corrected chi connectivity index (χ3v) is 8.00. The number of fused-ring (bicyclic) bond motifs is 2. The fourth-order valence-electron chi connectivity index (χ4n) is 6.13. The van der Waals surface area contributed by atoms with E-state index < -0.39 is 17.8 Å². The zero-order valence-electron chi connectivity index (χ0n) is 23.2. The minimum atomic E-state index is -0.702. The highest BCUT2D eigenvalue weighted by Gasteiger charge is 2.53. The number of allylic oxidation sites excluding steroid dienone is 2. The van der Waals surface area contributed by atoms with Crippen LogP contribution in [0.15, 0.2) is 87.6 Å². The smallest absolute Gasteiger partial charge is 0.238 e. The SMILES string of the molecule is COc1ccc(-c2cc(=O)c3c(OC)cc(OC)c([C@H]4C=C(C)C[C@H]5C(=O)N(c6ccccc6)C(=O)[C@@H]45)c3o2)cc1. The second-order valence-electron chi connectivity index (χ2n) is 10.3. The van der Waals surface area contributed by atoms with Crippen molar-refractivity contribution in [3.05, 3.63) is 94.2 Å². The van der Waals surface area contributed by atoms with Crippen molar-refractivity contribution in [3.63, 3.8) is 0 Å². The average molecular weight is 552 g/mol. The summed E-state index contributed by atoms with van der Waals surface area (Å²) in [6, 6.07) is 19.2. The molecule has 41 heavy (non-hydrogen) atoms. The average Bonchev–Trinajstić information content (AvgIpc) is 3.24. The number of methoxy groups -OCH3 is 3. The number of imide groups is 1. The lowest BCUT2D eigenvalue weighted by Gasteiger charge is -2.30. The Kier molecular flexibility index (Phi) is 6.61. The summed E-state index contributed by atoms with van der Waals surface area (Å²) in [5.74, 6) is -0.669. The Morgan fingerprint density at radius 3 is 2.20 bits per heavy atom. The van der Waals surface area contributed by atoms with Crippen LogP contribution in [-0.4, -0.2) is 33.1 Å². The van der Waals surface area contributed by atoms with Gasteiger partial charge in [0.05, 0.1) is 38.9 Å². The van der Waals surface area contributed by atoms with E-state index in [-0.39, 0.29) is 28.2 Å². The Labute approximate surface area is 236 Å². The quantitative estimate of drug-likeness (QED) is 0.223. The topological polar surface area (TPSA) is 95.3 Å². The lowest BCUT2D eigenvalue weighted by Crippen LogP contribution is -2.31.